The Hall–Kier alpha value is -4.36. The lowest BCUT2D eigenvalue weighted by Gasteiger charge is -2.39. The number of hydrogen-bond acceptors (Lipinski definition) is 6. The molecule has 0 aliphatic carbocycles. The molecule has 46 heavy (non-hydrogen) atoms. The van der Waals surface area contributed by atoms with Crippen LogP contribution in [0.3, 0.4) is 0 Å². The Bertz CT molecular complexity index is 1420. The van der Waals surface area contributed by atoms with Gasteiger partial charge in [0.05, 0.1) is 5.70 Å². The van der Waals surface area contributed by atoms with Crippen LogP contribution in [0.5, 0.6) is 0 Å². The van der Waals surface area contributed by atoms with Gasteiger partial charge in [-0.25, -0.2) is 5.01 Å². The van der Waals surface area contributed by atoms with Gasteiger partial charge in [0.1, 0.15) is 6.29 Å². The average molecular weight is 640 g/mol. The van der Waals surface area contributed by atoms with Crippen LogP contribution >= 0.6 is 11.6 Å². The number of nitrogens with one attached hydrogen (secondary N) is 2. The number of carbonyl (C=O) groups is 1. The second-order valence-corrected chi connectivity index (χ2v) is 11.5. The number of benzene rings is 3. The zero-order valence-electron chi connectivity index (χ0n) is 27.9. The van der Waals surface area contributed by atoms with Gasteiger partial charge >= 0.3 is 0 Å². The van der Waals surface area contributed by atoms with Gasteiger partial charge in [-0.1, -0.05) is 110 Å². The maximum Gasteiger partial charge on any atom is 0.142 e. The van der Waals surface area contributed by atoms with E-state index in [4.69, 9.17) is 11.6 Å². The highest BCUT2D eigenvalue weighted by molar-refractivity contribution is 6.30. The third-order valence-electron chi connectivity index (χ3n) is 7.25. The number of rotatable bonds is 12. The number of hydrogen-bond donors (Lipinski definition) is 2. The molecule has 1 heterocycles. The number of aryl methyl sites for hydroxylation is 2. The van der Waals surface area contributed by atoms with Crippen molar-refractivity contribution in [2.24, 2.45) is 0 Å². The molecule has 0 unspecified atom stereocenters. The highest BCUT2D eigenvalue weighted by atomic mass is 35.5. The second-order valence-electron chi connectivity index (χ2n) is 11.1. The van der Waals surface area contributed by atoms with Crippen molar-refractivity contribution in [3.05, 3.63) is 150 Å². The summed E-state index contributed by atoms with van der Waals surface area (Å²) in [7, 11) is 3.95. The van der Waals surface area contributed by atoms with Gasteiger partial charge in [0.2, 0.25) is 0 Å². The highest BCUT2D eigenvalue weighted by Gasteiger charge is 2.20. The maximum absolute atomic E-state index is 9.43. The van der Waals surface area contributed by atoms with Crippen LogP contribution in [0.25, 0.3) is 11.8 Å². The summed E-state index contributed by atoms with van der Waals surface area (Å²) in [6.45, 7) is 25.5. The summed E-state index contributed by atoms with van der Waals surface area (Å²) in [4.78, 5) is 14.3. The number of anilines is 1. The Kier molecular flexibility index (Phi) is 17.0. The first-order chi connectivity index (χ1) is 22.1. The Balaban J connectivity index is 0.000000433. The summed E-state index contributed by atoms with van der Waals surface area (Å²) in [5.41, 5.74) is 12.7. The Morgan fingerprint density at radius 1 is 0.935 bits per heavy atom. The molecule has 4 rings (SSSR count). The van der Waals surface area contributed by atoms with Crippen LogP contribution in [0.2, 0.25) is 5.02 Å². The minimum absolute atomic E-state index is 0.710. The van der Waals surface area contributed by atoms with Gasteiger partial charge in [-0.05, 0) is 54.8 Å². The van der Waals surface area contributed by atoms with Crippen LogP contribution in [-0.2, 0) is 11.3 Å². The molecule has 1 aliphatic heterocycles. The number of carbonyl (C=O) groups excluding carboxylic acids is 1. The van der Waals surface area contributed by atoms with Crippen molar-refractivity contribution in [1.29, 1.82) is 0 Å². The number of hydrazine groups is 1. The number of aldehydes is 1. The van der Waals surface area contributed by atoms with Gasteiger partial charge in [-0.15, -0.1) is 0 Å². The average Bonchev–Trinajstić information content (AvgIpc) is 3.06. The molecule has 1 saturated heterocycles. The molecule has 0 bridgehead atoms. The Morgan fingerprint density at radius 3 is 2.17 bits per heavy atom. The fourth-order valence-corrected chi connectivity index (χ4v) is 4.84. The van der Waals surface area contributed by atoms with Gasteiger partial charge in [0.25, 0.3) is 0 Å². The molecule has 1 fully saturated rings. The van der Waals surface area contributed by atoms with Crippen LogP contribution in [-0.4, -0.2) is 63.0 Å². The van der Waals surface area contributed by atoms with Crippen LogP contribution in [0.1, 0.15) is 27.8 Å². The van der Waals surface area contributed by atoms with E-state index in [1.165, 1.54) is 28.5 Å². The van der Waals surface area contributed by atoms with E-state index in [1.807, 2.05) is 56.4 Å². The van der Waals surface area contributed by atoms with E-state index >= 15 is 0 Å². The van der Waals surface area contributed by atoms with Gasteiger partial charge in [0.15, 0.2) is 0 Å². The van der Waals surface area contributed by atoms with E-state index in [1.54, 1.807) is 12.2 Å². The van der Waals surface area contributed by atoms with Gasteiger partial charge in [-0.2, -0.15) is 0 Å². The van der Waals surface area contributed by atoms with E-state index in [-0.39, 0.29) is 0 Å². The predicted molar refractivity (Wildman–Crippen MR) is 200 cm³/mol. The summed E-state index contributed by atoms with van der Waals surface area (Å²) in [5, 5.41) is 6.28. The van der Waals surface area contributed by atoms with Crippen molar-refractivity contribution >= 4 is 35.3 Å². The standard InChI is InChI=1S/C27H37N5.C7H7Cl.C5H6O/c1-7-24-13-12-21(2)25(18-24)20-28-19-22(3)31-14-16-32(17-15-31)27-11-9-8-10-26(27)23(4)29-30(5)6;1-6-2-4-7(8)5-3-6;1-2-3-4-5-6/h7-13,18,28-29H,1,3-4,14-17,19-20H2,2,5-6H3;2-5H,1H3;2-5H,1H2/b;;4-3+. The summed E-state index contributed by atoms with van der Waals surface area (Å²) < 4.78 is 0. The summed E-state index contributed by atoms with van der Waals surface area (Å²) >= 11 is 5.61. The first kappa shape index (κ1) is 37.8. The van der Waals surface area contributed by atoms with Crippen molar-refractivity contribution < 1.29 is 4.79 Å². The molecule has 0 aromatic heterocycles. The van der Waals surface area contributed by atoms with Crippen molar-refractivity contribution in [3.8, 4) is 0 Å². The van der Waals surface area contributed by atoms with Gasteiger partial charge < -0.3 is 20.5 Å². The van der Waals surface area contributed by atoms with Crippen LogP contribution < -0.4 is 15.6 Å². The molecule has 7 heteroatoms. The molecule has 1 aliphatic rings. The van der Waals surface area contributed by atoms with Gasteiger partial charge in [0, 0.05) is 75.3 Å². The SMILES string of the molecule is C=C/C=C/C=O.C=Cc1ccc(C)c(CNCC(=C)N2CCN(c3ccccc3C(=C)NN(C)C)CC2)c1.Cc1ccc(Cl)cc1. The van der Waals surface area contributed by atoms with E-state index in [9.17, 15) is 4.79 Å². The zero-order valence-corrected chi connectivity index (χ0v) is 28.7. The predicted octanol–water partition coefficient (Wildman–Crippen LogP) is 7.68. The topological polar surface area (TPSA) is 50.9 Å². The minimum atomic E-state index is 0.710. The van der Waals surface area contributed by atoms with E-state index in [0.29, 0.717) is 6.29 Å². The molecule has 0 saturated carbocycles. The van der Waals surface area contributed by atoms with Crippen LogP contribution in [0, 0.1) is 13.8 Å². The van der Waals surface area contributed by atoms with Crippen molar-refractivity contribution in [3.63, 3.8) is 0 Å². The van der Waals surface area contributed by atoms with Crippen LogP contribution in [0.15, 0.2) is 117 Å². The lowest BCUT2D eigenvalue weighted by molar-refractivity contribution is -0.104. The maximum atomic E-state index is 9.43. The normalized spacial score (nSPS) is 12.4. The fourth-order valence-electron chi connectivity index (χ4n) is 4.72. The molecule has 244 valence electrons. The minimum Gasteiger partial charge on any atom is -0.371 e. The van der Waals surface area contributed by atoms with E-state index < -0.39 is 0 Å². The Labute approximate surface area is 282 Å². The first-order valence-electron chi connectivity index (χ1n) is 15.4. The van der Waals surface area contributed by atoms with E-state index in [0.717, 1.165) is 66.8 Å². The highest BCUT2D eigenvalue weighted by Crippen LogP contribution is 2.26. The molecule has 2 N–H and O–H groups in total. The lowest BCUT2D eigenvalue weighted by Crippen LogP contribution is -2.47. The molecular formula is C39H50ClN5O. The quantitative estimate of drug-likeness (QED) is 0.0918. The monoisotopic (exact) mass is 639 g/mol. The molecule has 0 radical (unpaired) electrons. The molecule has 3 aromatic rings. The third-order valence-corrected chi connectivity index (χ3v) is 7.50. The van der Waals surface area contributed by atoms with E-state index in [2.05, 4.69) is 96.2 Å². The summed E-state index contributed by atoms with van der Waals surface area (Å²) in [6, 6.07) is 22.7. The number of para-hydroxylation sites is 1. The van der Waals surface area contributed by atoms with Crippen molar-refractivity contribution in [2.75, 3.05) is 51.7 Å². The molecule has 3 aromatic carbocycles. The molecular weight excluding hydrogens is 590 g/mol. The fraction of sp³-hybridized carbons (Fsp3) is 0.256. The second kappa shape index (κ2) is 20.6. The number of allylic oxidation sites excluding steroid dienone is 3. The lowest BCUT2D eigenvalue weighted by atomic mass is 10.0. The third kappa shape index (κ3) is 13.3. The van der Waals surface area contributed by atoms with Crippen LogP contribution in [0.4, 0.5) is 5.69 Å². The molecule has 0 amide bonds. The summed E-state index contributed by atoms with van der Waals surface area (Å²) in [6.07, 6.45) is 7.11. The number of halogens is 1. The number of piperazine rings is 1. The van der Waals surface area contributed by atoms with Gasteiger partial charge in [-0.3, -0.25) is 4.79 Å². The smallest absolute Gasteiger partial charge is 0.142 e. The molecule has 0 atom stereocenters. The first-order valence-corrected chi connectivity index (χ1v) is 15.7. The number of nitrogens with zero attached hydrogens (tertiary/aromatic N) is 3. The largest absolute Gasteiger partial charge is 0.371 e. The van der Waals surface area contributed by atoms with Crippen molar-refractivity contribution in [1.82, 2.24) is 20.7 Å². The Morgan fingerprint density at radius 2 is 1.61 bits per heavy atom. The molecule has 0 spiro atoms. The summed E-state index contributed by atoms with van der Waals surface area (Å²) in [5.74, 6) is 0. The zero-order chi connectivity index (χ0) is 33.9. The van der Waals surface area contributed by atoms with Crippen molar-refractivity contribution in [2.45, 2.75) is 20.4 Å². The molecule has 6 nitrogen and oxygen atoms in total.